The highest BCUT2D eigenvalue weighted by atomic mass is 16.5. The molecule has 4 rings (SSSR count). The molecule has 1 aliphatic heterocycles. The van der Waals surface area contributed by atoms with Crippen molar-refractivity contribution < 1.29 is 13.9 Å². The number of anilines is 1. The monoisotopic (exact) mass is 446 g/mol. The lowest BCUT2D eigenvalue weighted by molar-refractivity contribution is -0.134. The molecule has 33 heavy (non-hydrogen) atoms. The van der Waals surface area contributed by atoms with E-state index in [2.05, 4.69) is 24.8 Å². The third-order valence-electron chi connectivity index (χ3n) is 6.16. The van der Waals surface area contributed by atoms with Gasteiger partial charge in [-0.05, 0) is 31.0 Å². The largest absolute Gasteiger partial charge is 0.456 e. The summed E-state index contributed by atoms with van der Waals surface area (Å²) >= 11 is 0. The maximum Gasteiger partial charge on any atom is 0.225 e. The first kappa shape index (κ1) is 22.8. The highest BCUT2D eigenvalue weighted by molar-refractivity contribution is 5.84. The fourth-order valence-corrected chi connectivity index (χ4v) is 4.45. The SMILES string of the molecule is COCCC(=O)N1CCN(c2nc(C(C)C)c(-c3cc4ccccc4o3)cc2C#N)CC1C. The van der Waals surface area contributed by atoms with Crippen LogP contribution in [0.5, 0.6) is 0 Å². The number of piperazine rings is 1. The summed E-state index contributed by atoms with van der Waals surface area (Å²) in [6.07, 6.45) is 0.381. The number of nitrogens with zero attached hydrogens (tertiary/aromatic N) is 4. The third kappa shape index (κ3) is 4.57. The van der Waals surface area contributed by atoms with Crippen molar-refractivity contribution in [1.82, 2.24) is 9.88 Å². The Hall–Kier alpha value is -3.37. The predicted octanol–water partition coefficient (Wildman–Crippen LogP) is 4.56. The summed E-state index contributed by atoms with van der Waals surface area (Å²) in [5.74, 6) is 1.64. The van der Waals surface area contributed by atoms with E-state index in [0.29, 0.717) is 44.0 Å². The van der Waals surface area contributed by atoms with Crippen molar-refractivity contribution in [2.75, 3.05) is 38.3 Å². The third-order valence-corrected chi connectivity index (χ3v) is 6.16. The van der Waals surface area contributed by atoms with Crippen LogP contribution >= 0.6 is 0 Å². The van der Waals surface area contributed by atoms with Gasteiger partial charge in [-0.1, -0.05) is 32.0 Å². The summed E-state index contributed by atoms with van der Waals surface area (Å²) in [6, 6.07) is 14.1. The van der Waals surface area contributed by atoms with E-state index in [-0.39, 0.29) is 17.9 Å². The molecule has 1 aliphatic rings. The highest BCUT2D eigenvalue weighted by Gasteiger charge is 2.30. The van der Waals surface area contributed by atoms with Gasteiger partial charge in [-0.25, -0.2) is 4.98 Å². The van der Waals surface area contributed by atoms with Crippen molar-refractivity contribution in [3.8, 4) is 17.4 Å². The summed E-state index contributed by atoms with van der Waals surface area (Å²) in [5.41, 5.74) is 3.08. The fraction of sp³-hybridized carbons (Fsp3) is 0.423. The Morgan fingerprint density at radius 2 is 2.09 bits per heavy atom. The number of methoxy groups -OCH3 is 1. The summed E-state index contributed by atoms with van der Waals surface area (Å²) in [6.45, 7) is 8.51. The lowest BCUT2D eigenvalue weighted by atomic mass is 9.99. The molecule has 0 radical (unpaired) electrons. The average Bonchev–Trinajstić information content (AvgIpc) is 3.25. The van der Waals surface area contributed by atoms with E-state index in [1.54, 1.807) is 7.11 Å². The van der Waals surface area contributed by atoms with Crippen molar-refractivity contribution in [1.29, 1.82) is 5.26 Å². The number of carbonyl (C=O) groups excluding carboxylic acids is 1. The molecule has 0 aliphatic carbocycles. The minimum atomic E-state index is 0.0222. The molecule has 172 valence electrons. The van der Waals surface area contributed by atoms with Gasteiger partial charge >= 0.3 is 0 Å². The van der Waals surface area contributed by atoms with E-state index >= 15 is 0 Å². The van der Waals surface area contributed by atoms with E-state index in [1.165, 1.54) is 0 Å². The van der Waals surface area contributed by atoms with Crippen LogP contribution in [0.4, 0.5) is 5.82 Å². The first-order valence-electron chi connectivity index (χ1n) is 11.4. The van der Waals surface area contributed by atoms with Gasteiger partial charge in [0.25, 0.3) is 0 Å². The predicted molar refractivity (Wildman–Crippen MR) is 128 cm³/mol. The van der Waals surface area contributed by atoms with Gasteiger partial charge in [0.15, 0.2) is 0 Å². The smallest absolute Gasteiger partial charge is 0.225 e. The number of carbonyl (C=O) groups is 1. The number of ether oxygens (including phenoxy) is 1. The zero-order valence-corrected chi connectivity index (χ0v) is 19.7. The number of hydrogen-bond acceptors (Lipinski definition) is 6. The number of fused-ring (bicyclic) bond motifs is 1. The molecule has 2 aromatic heterocycles. The van der Waals surface area contributed by atoms with Crippen LogP contribution in [0.3, 0.4) is 0 Å². The lowest BCUT2D eigenvalue weighted by Gasteiger charge is -2.41. The number of pyridine rings is 1. The van der Waals surface area contributed by atoms with Gasteiger partial charge in [-0.15, -0.1) is 0 Å². The highest BCUT2D eigenvalue weighted by Crippen LogP contribution is 2.36. The second-order valence-corrected chi connectivity index (χ2v) is 8.83. The van der Waals surface area contributed by atoms with Gasteiger partial charge in [0.1, 0.15) is 23.2 Å². The molecule has 1 unspecified atom stereocenters. The van der Waals surface area contributed by atoms with E-state index in [9.17, 15) is 10.1 Å². The average molecular weight is 447 g/mol. The normalized spacial score (nSPS) is 16.4. The van der Waals surface area contributed by atoms with Gasteiger partial charge in [-0.2, -0.15) is 5.26 Å². The van der Waals surface area contributed by atoms with Crippen LogP contribution in [-0.2, 0) is 9.53 Å². The molecular formula is C26H30N4O3. The van der Waals surface area contributed by atoms with Crippen LogP contribution < -0.4 is 4.90 Å². The van der Waals surface area contributed by atoms with Crippen molar-refractivity contribution in [3.05, 3.63) is 47.7 Å². The zero-order chi connectivity index (χ0) is 23.5. The van der Waals surface area contributed by atoms with Crippen LogP contribution in [0.25, 0.3) is 22.3 Å². The zero-order valence-electron chi connectivity index (χ0n) is 19.7. The quantitative estimate of drug-likeness (QED) is 0.552. The van der Waals surface area contributed by atoms with Crippen LogP contribution in [0, 0.1) is 11.3 Å². The summed E-state index contributed by atoms with van der Waals surface area (Å²) in [4.78, 5) is 21.5. The number of hydrogen-bond donors (Lipinski definition) is 0. The topological polar surface area (TPSA) is 82.6 Å². The number of nitriles is 1. The molecule has 1 saturated heterocycles. The standard InChI is InChI=1S/C26H30N4O3/c1-17(2)25-21(23-14-19-7-5-6-8-22(19)33-23)13-20(15-27)26(28-25)29-10-11-30(18(3)16-29)24(31)9-12-32-4/h5-8,13-14,17-18H,9-12,16H2,1-4H3. The van der Waals surface area contributed by atoms with Crippen LogP contribution in [0.15, 0.2) is 40.8 Å². The molecule has 1 amide bonds. The molecule has 0 N–H and O–H groups in total. The molecule has 3 aromatic rings. The second kappa shape index (κ2) is 9.63. The Morgan fingerprint density at radius 1 is 1.30 bits per heavy atom. The molecule has 1 aromatic carbocycles. The molecule has 3 heterocycles. The van der Waals surface area contributed by atoms with E-state index in [0.717, 1.165) is 28.0 Å². The van der Waals surface area contributed by atoms with Crippen molar-refractivity contribution in [3.63, 3.8) is 0 Å². The number of benzene rings is 1. The maximum absolute atomic E-state index is 12.5. The first-order chi connectivity index (χ1) is 15.9. The van der Waals surface area contributed by atoms with E-state index in [1.807, 2.05) is 48.2 Å². The molecule has 1 fully saturated rings. The van der Waals surface area contributed by atoms with Crippen LogP contribution in [0.2, 0.25) is 0 Å². The lowest BCUT2D eigenvalue weighted by Crippen LogP contribution is -2.54. The van der Waals surface area contributed by atoms with Gasteiger partial charge in [0, 0.05) is 43.7 Å². The minimum Gasteiger partial charge on any atom is -0.456 e. The summed E-state index contributed by atoms with van der Waals surface area (Å²) < 4.78 is 11.2. The van der Waals surface area contributed by atoms with E-state index in [4.69, 9.17) is 14.1 Å². The van der Waals surface area contributed by atoms with Gasteiger partial charge in [0.05, 0.1) is 24.3 Å². The van der Waals surface area contributed by atoms with Crippen LogP contribution in [-0.4, -0.2) is 55.2 Å². The molecule has 0 spiro atoms. The Kier molecular flexibility index (Phi) is 6.66. The van der Waals surface area contributed by atoms with Gasteiger partial charge < -0.3 is 19.0 Å². The summed E-state index contributed by atoms with van der Waals surface area (Å²) in [7, 11) is 1.60. The molecule has 0 bridgehead atoms. The molecule has 1 atom stereocenters. The Morgan fingerprint density at radius 3 is 2.76 bits per heavy atom. The molecular weight excluding hydrogens is 416 g/mol. The van der Waals surface area contributed by atoms with Crippen molar-refractivity contribution in [2.45, 2.75) is 39.2 Å². The Balaban J connectivity index is 1.67. The number of amides is 1. The Bertz CT molecular complexity index is 1160. The fourth-order valence-electron chi connectivity index (χ4n) is 4.45. The van der Waals surface area contributed by atoms with Gasteiger partial charge in [-0.3, -0.25) is 4.79 Å². The number of rotatable bonds is 6. The minimum absolute atomic E-state index is 0.0222. The van der Waals surface area contributed by atoms with Gasteiger partial charge in [0.2, 0.25) is 5.91 Å². The number of furan rings is 1. The molecule has 0 saturated carbocycles. The van der Waals surface area contributed by atoms with Crippen molar-refractivity contribution in [2.24, 2.45) is 0 Å². The first-order valence-corrected chi connectivity index (χ1v) is 11.4. The maximum atomic E-state index is 12.5. The molecule has 7 nitrogen and oxygen atoms in total. The van der Waals surface area contributed by atoms with E-state index < -0.39 is 0 Å². The number of para-hydroxylation sites is 1. The summed E-state index contributed by atoms with van der Waals surface area (Å²) in [5, 5.41) is 11.0. The molecule has 7 heteroatoms. The van der Waals surface area contributed by atoms with Crippen LogP contribution in [0.1, 0.15) is 44.4 Å². The second-order valence-electron chi connectivity index (χ2n) is 8.83. The Labute approximate surface area is 194 Å². The van der Waals surface area contributed by atoms with Crippen molar-refractivity contribution >= 4 is 22.7 Å². The number of aromatic nitrogens is 1.